The highest BCUT2D eigenvalue weighted by Gasteiger charge is 2.52. The van der Waals surface area contributed by atoms with E-state index in [2.05, 4.69) is 15.0 Å². The number of fused-ring (bicyclic) bond motifs is 1. The highest BCUT2D eigenvalue weighted by Crippen LogP contribution is 2.35. The van der Waals surface area contributed by atoms with Gasteiger partial charge in [0.1, 0.15) is 24.0 Å². The Morgan fingerprint density at radius 2 is 1.86 bits per heavy atom. The average molecular weight is 536 g/mol. The van der Waals surface area contributed by atoms with E-state index in [-0.39, 0.29) is 42.8 Å². The van der Waals surface area contributed by atoms with Crippen LogP contribution in [0.15, 0.2) is 36.7 Å². The highest BCUT2D eigenvalue weighted by molar-refractivity contribution is 6.28. The lowest BCUT2D eigenvalue weighted by Crippen LogP contribution is -2.54. The quantitative estimate of drug-likeness (QED) is 0.234. The predicted molar refractivity (Wildman–Crippen MR) is 130 cm³/mol. The number of ether oxygens (including phenoxy) is 4. The minimum absolute atomic E-state index is 0.00707. The van der Waals surface area contributed by atoms with E-state index in [0.717, 1.165) is 0 Å². The lowest BCUT2D eigenvalue weighted by atomic mass is 9.94. The molecule has 0 saturated carbocycles. The van der Waals surface area contributed by atoms with E-state index in [4.69, 9.17) is 36.3 Å². The number of anilines is 1. The molecule has 1 fully saturated rings. The van der Waals surface area contributed by atoms with Crippen LogP contribution in [0.5, 0.6) is 0 Å². The first-order valence-corrected chi connectivity index (χ1v) is 12.1. The summed E-state index contributed by atoms with van der Waals surface area (Å²) in [6.45, 7) is 2.81. The van der Waals surface area contributed by atoms with Crippen LogP contribution in [0.3, 0.4) is 0 Å². The van der Waals surface area contributed by atoms with Gasteiger partial charge in [0.15, 0.2) is 11.5 Å². The molecule has 1 aliphatic rings. The topological polar surface area (TPSA) is 141 Å². The van der Waals surface area contributed by atoms with Gasteiger partial charge in [-0.2, -0.15) is 9.97 Å². The minimum Gasteiger partial charge on any atom is -0.463 e. The van der Waals surface area contributed by atoms with Gasteiger partial charge in [-0.3, -0.25) is 4.57 Å². The molecule has 1 aromatic carbocycles. The Balaban J connectivity index is 1.58. The second-order valence-electron chi connectivity index (χ2n) is 8.32. The molecule has 198 valence electrons. The van der Waals surface area contributed by atoms with Crippen LogP contribution in [0.25, 0.3) is 11.2 Å². The minimum atomic E-state index is -2.15. The molecule has 37 heavy (non-hydrogen) atoms. The summed E-state index contributed by atoms with van der Waals surface area (Å²) in [7, 11) is 0. The van der Waals surface area contributed by atoms with E-state index < -0.39 is 42.7 Å². The molecule has 0 spiro atoms. The maximum atomic E-state index is 15.1. The maximum Gasteiger partial charge on any atom is 0.350 e. The number of hydrogen-bond donors (Lipinski definition) is 1. The molecule has 2 N–H and O–H groups in total. The molecule has 3 atom stereocenters. The Morgan fingerprint density at radius 1 is 1.19 bits per heavy atom. The first kappa shape index (κ1) is 26.7. The van der Waals surface area contributed by atoms with Crippen LogP contribution in [0.1, 0.15) is 32.1 Å². The number of carbonyl (C=O) groups excluding carboxylic acids is 2. The van der Waals surface area contributed by atoms with Crippen molar-refractivity contribution in [2.75, 3.05) is 25.6 Å². The molecule has 2 aromatic heterocycles. The van der Waals surface area contributed by atoms with Crippen molar-refractivity contribution in [3.05, 3.63) is 47.5 Å². The molecule has 0 aliphatic carbocycles. The third kappa shape index (κ3) is 5.50. The van der Waals surface area contributed by atoms with Crippen molar-refractivity contribution in [2.45, 2.75) is 50.8 Å². The Bertz CT molecular complexity index is 1240. The van der Waals surface area contributed by atoms with Crippen molar-refractivity contribution >= 4 is 40.5 Å². The molecule has 0 radical (unpaired) electrons. The number of hydrogen-bond acceptors (Lipinski definition) is 10. The first-order chi connectivity index (χ1) is 17.8. The van der Waals surface area contributed by atoms with Gasteiger partial charge in [-0.15, -0.1) is 0 Å². The fourth-order valence-corrected chi connectivity index (χ4v) is 4.30. The van der Waals surface area contributed by atoms with Crippen LogP contribution in [0.2, 0.25) is 5.28 Å². The second-order valence-corrected chi connectivity index (χ2v) is 8.66. The third-order valence-electron chi connectivity index (χ3n) is 5.89. The normalized spacial score (nSPS) is 19.7. The van der Waals surface area contributed by atoms with Gasteiger partial charge in [0.2, 0.25) is 5.28 Å². The number of rotatable bonds is 10. The van der Waals surface area contributed by atoms with Crippen molar-refractivity contribution in [3.63, 3.8) is 0 Å². The van der Waals surface area contributed by atoms with Crippen molar-refractivity contribution in [2.24, 2.45) is 0 Å². The fraction of sp³-hybridized carbons (Fsp3) is 0.458. The molecule has 3 aromatic rings. The monoisotopic (exact) mass is 535 g/mol. The zero-order valence-electron chi connectivity index (χ0n) is 20.3. The summed E-state index contributed by atoms with van der Waals surface area (Å²) in [4.78, 5) is 38.4. The Labute approximate surface area is 217 Å². The number of nitrogen functional groups attached to an aromatic ring is 1. The number of imidazole rings is 1. The van der Waals surface area contributed by atoms with Crippen LogP contribution in [-0.4, -0.2) is 69.2 Å². The summed E-state index contributed by atoms with van der Waals surface area (Å²) in [6.07, 6.45) is -2.24. The van der Waals surface area contributed by atoms with Crippen LogP contribution >= 0.6 is 11.6 Å². The Hall–Kier alpha value is -3.35. The predicted octanol–water partition coefficient (Wildman–Crippen LogP) is 2.81. The summed E-state index contributed by atoms with van der Waals surface area (Å²) in [5.41, 5.74) is 4.92. The summed E-state index contributed by atoms with van der Waals surface area (Å²) < 4.78 is 38.8. The van der Waals surface area contributed by atoms with Crippen molar-refractivity contribution < 1.29 is 32.9 Å². The van der Waals surface area contributed by atoms with E-state index in [0.29, 0.717) is 11.1 Å². The fourth-order valence-electron chi connectivity index (χ4n) is 4.13. The largest absolute Gasteiger partial charge is 0.463 e. The van der Waals surface area contributed by atoms with Crippen molar-refractivity contribution in [3.8, 4) is 0 Å². The summed E-state index contributed by atoms with van der Waals surface area (Å²) in [5, 5.41) is -0.0870. The number of esters is 2. The van der Waals surface area contributed by atoms with Gasteiger partial charge < -0.3 is 24.7 Å². The van der Waals surface area contributed by atoms with Crippen molar-refractivity contribution in [1.29, 1.82) is 0 Å². The number of nitrogens with zero attached hydrogens (tertiary/aromatic N) is 4. The molecule has 1 unspecified atom stereocenters. The van der Waals surface area contributed by atoms with Gasteiger partial charge in [-0.05, 0) is 31.0 Å². The molecular formula is C24H27ClFN5O6. The number of carbonyl (C=O) groups is 2. The molecule has 11 nitrogen and oxygen atoms in total. The average Bonchev–Trinajstić information content (AvgIpc) is 3.46. The van der Waals surface area contributed by atoms with E-state index >= 15 is 4.39 Å². The maximum absolute atomic E-state index is 15.1. The van der Waals surface area contributed by atoms with E-state index in [9.17, 15) is 9.59 Å². The summed E-state index contributed by atoms with van der Waals surface area (Å²) in [6, 6.07) is 8.79. The molecule has 13 heteroatoms. The SMILES string of the molecule is CCOC(=O)C(Cc1ccccc1)(OC[C@H]1O[C@@H](n2cnc3c(N)nc(Cl)nc32)CC1F)C(=O)OCC. The number of halogens is 2. The standard InChI is InChI=1S/C24H27ClFN5O6/c1-3-34-21(32)24(22(33)35-4-2,11-14-8-6-5-7-9-14)36-12-16-15(26)10-17(37-16)31-13-28-18-19(27)29-23(25)30-20(18)31/h5-9,13,15-17H,3-4,10-12H2,1-2H3,(H2,27,29,30)/t15?,16-,17-/m1/s1. The van der Waals surface area contributed by atoms with E-state index in [1.807, 2.05) is 0 Å². The Kier molecular flexibility index (Phi) is 8.20. The van der Waals surface area contributed by atoms with Gasteiger partial charge in [-0.1, -0.05) is 30.3 Å². The molecular weight excluding hydrogens is 509 g/mol. The van der Waals surface area contributed by atoms with Crippen LogP contribution in [-0.2, 0) is 35.0 Å². The van der Waals surface area contributed by atoms with Gasteiger partial charge >= 0.3 is 11.9 Å². The lowest BCUT2D eigenvalue weighted by molar-refractivity contribution is -0.196. The molecule has 3 heterocycles. The third-order valence-corrected chi connectivity index (χ3v) is 6.06. The number of aromatic nitrogens is 4. The number of nitrogens with two attached hydrogens (primary N) is 1. The second kappa shape index (κ2) is 11.4. The lowest BCUT2D eigenvalue weighted by Gasteiger charge is -2.30. The highest BCUT2D eigenvalue weighted by atomic mass is 35.5. The van der Waals surface area contributed by atoms with Gasteiger partial charge in [0, 0.05) is 12.8 Å². The molecule has 1 saturated heterocycles. The van der Waals surface area contributed by atoms with Crippen LogP contribution < -0.4 is 5.73 Å². The van der Waals surface area contributed by atoms with Crippen LogP contribution in [0, 0.1) is 0 Å². The summed E-state index contributed by atoms with van der Waals surface area (Å²) in [5.74, 6) is -1.77. The zero-order valence-corrected chi connectivity index (χ0v) is 21.1. The van der Waals surface area contributed by atoms with Gasteiger partial charge in [-0.25, -0.2) is 19.0 Å². The molecule has 0 amide bonds. The van der Waals surface area contributed by atoms with Crippen molar-refractivity contribution in [1.82, 2.24) is 19.5 Å². The smallest absolute Gasteiger partial charge is 0.350 e. The molecule has 4 rings (SSSR count). The molecule has 1 aliphatic heterocycles. The van der Waals surface area contributed by atoms with E-state index in [1.54, 1.807) is 44.2 Å². The number of alkyl halides is 1. The summed E-state index contributed by atoms with van der Waals surface area (Å²) >= 11 is 5.93. The Morgan fingerprint density at radius 3 is 2.51 bits per heavy atom. The van der Waals surface area contributed by atoms with Crippen LogP contribution in [0.4, 0.5) is 10.2 Å². The first-order valence-electron chi connectivity index (χ1n) is 11.8. The van der Waals surface area contributed by atoms with Gasteiger partial charge in [0.05, 0.1) is 26.1 Å². The zero-order chi connectivity index (χ0) is 26.6. The van der Waals surface area contributed by atoms with E-state index in [1.165, 1.54) is 10.9 Å². The number of benzene rings is 1. The van der Waals surface area contributed by atoms with Gasteiger partial charge in [0.25, 0.3) is 5.60 Å². The molecule has 0 bridgehead atoms.